The summed E-state index contributed by atoms with van der Waals surface area (Å²) >= 11 is 0. The molecule has 0 radical (unpaired) electrons. The Balaban J connectivity index is 1.92. The molecule has 3 heterocycles. The monoisotopic (exact) mass is 308 g/mol. The number of aromatic amines is 1. The lowest BCUT2D eigenvalue weighted by Crippen LogP contribution is -1.91. The van der Waals surface area contributed by atoms with Gasteiger partial charge in [0.2, 0.25) is 0 Å². The zero-order valence-electron chi connectivity index (χ0n) is 12.1. The van der Waals surface area contributed by atoms with Crippen molar-refractivity contribution in [3.8, 4) is 22.4 Å². The van der Waals surface area contributed by atoms with E-state index in [4.69, 9.17) is 0 Å². The van der Waals surface area contributed by atoms with Gasteiger partial charge in [-0.05, 0) is 36.4 Å². The van der Waals surface area contributed by atoms with Crippen LogP contribution in [-0.2, 0) is 6.61 Å². The van der Waals surface area contributed by atoms with Crippen molar-refractivity contribution in [2.45, 2.75) is 6.61 Å². The minimum absolute atomic E-state index is 0.161. The molecule has 0 amide bonds. The van der Waals surface area contributed by atoms with Crippen molar-refractivity contribution >= 4 is 5.65 Å². The van der Waals surface area contributed by atoms with Gasteiger partial charge in [-0.1, -0.05) is 0 Å². The zero-order chi connectivity index (χ0) is 15.8. The number of hydrogen-bond acceptors (Lipinski definition) is 3. The van der Waals surface area contributed by atoms with E-state index in [2.05, 4.69) is 15.2 Å². The maximum Gasteiger partial charge on any atom is 0.136 e. The Labute approximate surface area is 131 Å². The minimum Gasteiger partial charge on any atom is -0.390 e. The molecule has 2 N–H and O–H groups in total. The van der Waals surface area contributed by atoms with Crippen LogP contribution in [0, 0.1) is 5.82 Å². The lowest BCUT2D eigenvalue weighted by atomic mass is 10.0. The summed E-state index contributed by atoms with van der Waals surface area (Å²) in [6, 6.07) is 9.96. The maximum atomic E-state index is 13.2. The summed E-state index contributed by atoms with van der Waals surface area (Å²) in [6.45, 7) is -0.161. The van der Waals surface area contributed by atoms with Gasteiger partial charge in [-0.25, -0.2) is 9.37 Å². The summed E-state index contributed by atoms with van der Waals surface area (Å²) in [5.74, 6) is -0.298. The Morgan fingerprint density at radius 2 is 1.87 bits per heavy atom. The van der Waals surface area contributed by atoms with Crippen LogP contribution in [0.5, 0.6) is 0 Å². The highest BCUT2D eigenvalue weighted by molar-refractivity contribution is 5.82. The molecule has 4 rings (SSSR count). The first-order chi connectivity index (χ1) is 11.3. The number of hydrogen-bond donors (Lipinski definition) is 2. The number of pyridine rings is 1. The number of aliphatic hydroxyl groups is 1. The van der Waals surface area contributed by atoms with E-state index in [1.54, 1.807) is 18.3 Å². The topological polar surface area (TPSA) is 66.2 Å². The molecule has 5 nitrogen and oxygen atoms in total. The highest BCUT2D eigenvalue weighted by Gasteiger charge is 2.17. The van der Waals surface area contributed by atoms with E-state index in [1.807, 2.05) is 28.9 Å². The largest absolute Gasteiger partial charge is 0.390 e. The number of imidazole rings is 1. The second kappa shape index (κ2) is 5.33. The summed E-state index contributed by atoms with van der Waals surface area (Å²) in [4.78, 5) is 4.22. The molecule has 0 fully saturated rings. The maximum absolute atomic E-state index is 13.2. The minimum atomic E-state index is -0.298. The molecule has 0 aliphatic heterocycles. The predicted molar refractivity (Wildman–Crippen MR) is 84.1 cm³/mol. The molecule has 0 atom stereocenters. The quantitative estimate of drug-likeness (QED) is 0.611. The van der Waals surface area contributed by atoms with Crippen molar-refractivity contribution in [3.05, 3.63) is 66.5 Å². The Morgan fingerprint density at radius 1 is 1.09 bits per heavy atom. The van der Waals surface area contributed by atoms with Crippen LogP contribution in [0.15, 0.2) is 55.0 Å². The molecule has 0 aliphatic carbocycles. The first-order valence-corrected chi connectivity index (χ1v) is 7.13. The molecule has 0 unspecified atom stereocenters. The molecule has 6 heteroatoms. The van der Waals surface area contributed by atoms with Crippen molar-refractivity contribution < 1.29 is 9.50 Å². The molecule has 1 aromatic carbocycles. The van der Waals surface area contributed by atoms with E-state index < -0.39 is 0 Å². The molecule has 114 valence electrons. The van der Waals surface area contributed by atoms with Crippen LogP contribution < -0.4 is 0 Å². The molecule has 0 aliphatic rings. The summed E-state index contributed by atoms with van der Waals surface area (Å²) < 4.78 is 15.1. The molecular formula is C17H13FN4O. The van der Waals surface area contributed by atoms with Crippen LogP contribution in [0.25, 0.3) is 28.0 Å². The van der Waals surface area contributed by atoms with Gasteiger partial charge in [-0.15, -0.1) is 0 Å². The van der Waals surface area contributed by atoms with E-state index in [0.29, 0.717) is 11.4 Å². The SMILES string of the molecule is OCc1[nH]nc(-c2ccc(F)cc2)c1-c1ccc2nccn2c1. The van der Waals surface area contributed by atoms with Crippen LogP contribution >= 0.6 is 0 Å². The van der Waals surface area contributed by atoms with Crippen LogP contribution in [-0.4, -0.2) is 24.7 Å². The number of halogens is 1. The molecule has 0 saturated carbocycles. The molecule has 3 aromatic heterocycles. The third-order valence-corrected chi connectivity index (χ3v) is 3.79. The van der Waals surface area contributed by atoms with Gasteiger partial charge >= 0.3 is 0 Å². The molecule has 0 bridgehead atoms. The highest BCUT2D eigenvalue weighted by atomic mass is 19.1. The van der Waals surface area contributed by atoms with Gasteiger partial charge in [0.25, 0.3) is 0 Å². The lowest BCUT2D eigenvalue weighted by Gasteiger charge is -2.06. The molecule has 0 spiro atoms. The van der Waals surface area contributed by atoms with Crippen LogP contribution in [0.1, 0.15) is 5.69 Å². The van der Waals surface area contributed by atoms with Crippen molar-refractivity contribution in [1.82, 2.24) is 19.6 Å². The van der Waals surface area contributed by atoms with Gasteiger partial charge in [0.05, 0.1) is 12.3 Å². The van der Waals surface area contributed by atoms with E-state index in [-0.39, 0.29) is 12.4 Å². The van der Waals surface area contributed by atoms with E-state index in [9.17, 15) is 9.50 Å². The van der Waals surface area contributed by atoms with E-state index in [1.165, 1.54) is 12.1 Å². The lowest BCUT2D eigenvalue weighted by molar-refractivity contribution is 0.277. The standard InChI is InChI=1S/C17H13FN4O/c18-13-4-1-11(2-5-13)17-16(14(10-23)20-21-17)12-3-6-15-19-7-8-22(15)9-12/h1-9,23H,10H2,(H,20,21). The smallest absolute Gasteiger partial charge is 0.136 e. The number of fused-ring (bicyclic) bond motifs is 1. The number of H-pyrrole nitrogens is 1. The first-order valence-electron chi connectivity index (χ1n) is 7.13. The number of aromatic nitrogens is 4. The van der Waals surface area contributed by atoms with Crippen LogP contribution in [0.2, 0.25) is 0 Å². The fourth-order valence-corrected chi connectivity index (χ4v) is 2.69. The number of benzene rings is 1. The Kier molecular flexibility index (Phi) is 3.17. The third kappa shape index (κ3) is 2.29. The van der Waals surface area contributed by atoms with Crippen LogP contribution in [0.3, 0.4) is 0 Å². The van der Waals surface area contributed by atoms with Crippen molar-refractivity contribution in [2.75, 3.05) is 0 Å². The van der Waals surface area contributed by atoms with Crippen LogP contribution in [0.4, 0.5) is 4.39 Å². The highest BCUT2D eigenvalue weighted by Crippen LogP contribution is 2.33. The molecule has 23 heavy (non-hydrogen) atoms. The first kappa shape index (κ1) is 13.7. The van der Waals surface area contributed by atoms with Gasteiger partial charge in [0.1, 0.15) is 17.2 Å². The Bertz CT molecular complexity index is 972. The van der Waals surface area contributed by atoms with Gasteiger partial charge < -0.3 is 9.51 Å². The van der Waals surface area contributed by atoms with Crippen molar-refractivity contribution in [1.29, 1.82) is 0 Å². The Morgan fingerprint density at radius 3 is 2.65 bits per heavy atom. The number of nitrogens with one attached hydrogen (secondary N) is 1. The van der Waals surface area contributed by atoms with E-state index >= 15 is 0 Å². The summed E-state index contributed by atoms with van der Waals surface area (Å²) in [5.41, 5.74) is 4.61. The number of nitrogens with zero attached hydrogens (tertiary/aromatic N) is 3. The average Bonchev–Trinajstić information content (AvgIpc) is 3.21. The second-order valence-corrected chi connectivity index (χ2v) is 5.20. The molecule has 4 aromatic rings. The van der Waals surface area contributed by atoms with E-state index in [0.717, 1.165) is 22.3 Å². The number of aliphatic hydroxyl groups excluding tert-OH is 1. The molecule has 0 saturated heterocycles. The van der Waals surface area contributed by atoms with Gasteiger partial charge in [-0.3, -0.25) is 5.10 Å². The molecular weight excluding hydrogens is 295 g/mol. The zero-order valence-corrected chi connectivity index (χ0v) is 12.1. The van der Waals surface area contributed by atoms with Crippen molar-refractivity contribution in [2.24, 2.45) is 0 Å². The Hall–Kier alpha value is -2.99. The summed E-state index contributed by atoms with van der Waals surface area (Å²) in [7, 11) is 0. The second-order valence-electron chi connectivity index (χ2n) is 5.20. The van der Waals surface area contributed by atoms with Gasteiger partial charge in [0.15, 0.2) is 0 Å². The fourth-order valence-electron chi connectivity index (χ4n) is 2.69. The third-order valence-electron chi connectivity index (χ3n) is 3.79. The normalized spacial score (nSPS) is 11.2. The summed E-state index contributed by atoms with van der Waals surface area (Å²) in [6.07, 6.45) is 5.51. The fraction of sp³-hybridized carbons (Fsp3) is 0.0588. The average molecular weight is 308 g/mol. The van der Waals surface area contributed by atoms with Crippen molar-refractivity contribution in [3.63, 3.8) is 0 Å². The summed E-state index contributed by atoms with van der Waals surface area (Å²) in [5, 5.41) is 16.8. The van der Waals surface area contributed by atoms with Gasteiger partial charge in [0, 0.05) is 35.3 Å². The number of rotatable bonds is 3. The predicted octanol–water partition coefficient (Wildman–Crippen LogP) is 3.02. The van der Waals surface area contributed by atoms with Gasteiger partial charge in [-0.2, -0.15) is 5.10 Å².